The minimum atomic E-state index is -4.67. The molecule has 0 fully saturated rings. The fourth-order valence-corrected chi connectivity index (χ4v) is 2.23. The van der Waals surface area contributed by atoms with Crippen molar-refractivity contribution in [1.82, 2.24) is 15.0 Å². The maximum Gasteiger partial charge on any atom is 0.417 e. The number of halogens is 3. The largest absolute Gasteiger partial charge is 0.417 e. The Labute approximate surface area is 122 Å². The SMILES string of the molecule is Cc1nc2nc(-c3ccccc3)cc(C(F)(F)F)c2c(=O)[nH]1. The van der Waals surface area contributed by atoms with Gasteiger partial charge in [-0.15, -0.1) is 0 Å². The molecule has 0 unspecified atom stereocenters. The first-order valence-corrected chi connectivity index (χ1v) is 6.40. The van der Waals surface area contributed by atoms with Gasteiger partial charge in [0.2, 0.25) is 0 Å². The van der Waals surface area contributed by atoms with Crippen LogP contribution in [-0.2, 0) is 6.18 Å². The highest BCUT2D eigenvalue weighted by molar-refractivity contribution is 5.82. The molecule has 2 aromatic heterocycles. The van der Waals surface area contributed by atoms with Gasteiger partial charge in [-0.3, -0.25) is 4.79 Å². The molecule has 0 amide bonds. The maximum absolute atomic E-state index is 13.3. The van der Waals surface area contributed by atoms with E-state index < -0.39 is 22.7 Å². The van der Waals surface area contributed by atoms with E-state index in [0.717, 1.165) is 6.07 Å². The second kappa shape index (κ2) is 4.94. The lowest BCUT2D eigenvalue weighted by Crippen LogP contribution is -2.17. The number of nitrogens with one attached hydrogen (secondary N) is 1. The van der Waals surface area contributed by atoms with E-state index in [1.807, 2.05) is 0 Å². The van der Waals surface area contributed by atoms with Gasteiger partial charge in [0.15, 0.2) is 5.65 Å². The summed E-state index contributed by atoms with van der Waals surface area (Å²) in [6.45, 7) is 1.49. The van der Waals surface area contributed by atoms with Crippen molar-refractivity contribution in [1.29, 1.82) is 0 Å². The van der Waals surface area contributed by atoms with Gasteiger partial charge < -0.3 is 4.98 Å². The molecule has 0 aliphatic heterocycles. The standard InChI is InChI=1S/C15H10F3N3O/c1-8-19-13-12(14(22)20-8)10(15(16,17)18)7-11(21-13)9-5-3-2-4-6-9/h2-7H,1H3,(H,19,20,21,22). The second-order valence-electron chi connectivity index (χ2n) is 4.77. The average molecular weight is 305 g/mol. The second-order valence-corrected chi connectivity index (χ2v) is 4.77. The predicted molar refractivity (Wildman–Crippen MR) is 75.3 cm³/mol. The van der Waals surface area contributed by atoms with E-state index >= 15 is 0 Å². The Morgan fingerprint density at radius 1 is 1.09 bits per heavy atom. The third-order valence-corrected chi connectivity index (χ3v) is 3.17. The van der Waals surface area contributed by atoms with Crippen molar-refractivity contribution >= 4 is 11.0 Å². The molecule has 4 nitrogen and oxygen atoms in total. The molecule has 112 valence electrons. The zero-order valence-corrected chi connectivity index (χ0v) is 11.4. The summed E-state index contributed by atoms with van der Waals surface area (Å²) in [5.41, 5.74) is -1.45. The van der Waals surface area contributed by atoms with E-state index in [4.69, 9.17) is 0 Å². The smallest absolute Gasteiger partial charge is 0.310 e. The van der Waals surface area contributed by atoms with Crippen LogP contribution in [0.1, 0.15) is 11.4 Å². The number of pyridine rings is 1. The van der Waals surface area contributed by atoms with Gasteiger partial charge in [0.1, 0.15) is 5.82 Å². The minimum Gasteiger partial charge on any atom is -0.310 e. The Bertz CT molecular complexity index is 902. The molecule has 0 radical (unpaired) electrons. The van der Waals surface area contributed by atoms with Crippen molar-refractivity contribution in [2.45, 2.75) is 13.1 Å². The van der Waals surface area contributed by atoms with Crippen LogP contribution in [-0.4, -0.2) is 15.0 Å². The van der Waals surface area contributed by atoms with Crippen molar-refractivity contribution in [2.24, 2.45) is 0 Å². The third-order valence-electron chi connectivity index (χ3n) is 3.17. The molecule has 0 aliphatic carbocycles. The highest BCUT2D eigenvalue weighted by Gasteiger charge is 2.35. The number of aryl methyl sites for hydroxylation is 1. The Morgan fingerprint density at radius 2 is 1.77 bits per heavy atom. The van der Waals surface area contributed by atoms with E-state index in [1.54, 1.807) is 30.3 Å². The highest BCUT2D eigenvalue weighted by Crippen LogP contribution is 2.34. The quantitative estimate of drug-likeness (QED) is 0.750. The van der Waals surface area contributed by atoms with Crippen molar-refractivity contribution in [3.63, 3.8) is 0 Å². The molecule has 0 saturated carbocycles. The summed E-state index contributed by atoms with van der Waals surface area (Å²) in [5, 5.41) is -0.544. The Morgan fingerprint density at radius 3 is 2.41 bits per heavy atom. The van der Waals surface area contributed by atoms with E-state index in [1.165, 1.54) is 6.92 Å². The van der Waals surface area contributed by atoms with Crippen molar-refractivity contribution in [2.75, 3.05) is 0 Å². The average Bonchev–Trinajstić information content (AvgIpc) is 2.45. The van der Waals surface area contributed by atoms with Crippen molar-refractivity contribution < 1.29 is 13.2 Å². The lowest BCUT2D eigenvalue weighted by atomic mass is 10.1. The zero-order chi connectivity index (χ0) is 15.9. The molecule has 22 heavy (non-hydrogen) atoms. The fourth-order valence-electron chi connectivity index (χ4n) is 2.23. The predicted octanol–water partition coefficient (Wildman–Crippen LogP) is 3.31. The fraction of sp³-hybridized carbons (Fsp3) is 0.133. The summed E-state index contributed by atoms with van der Waals surface area (Å²) in [6.07, 6.45) is -4.67. The van der Waals surface area contributed by atoms with Crippen LogP contribution >= 0.6 is 0 Å². The summed E-state index contributed by atoms with van der Waals surface area (Å²) in [4.78, 5) is 22.2. The van der Waals surface area contributed by atoms with Crippen LogP contribution in [0.25, 0.3) is 22.3 Å². The molecule has 0 saturated heterocycles. The topological polar surface area (TPSA) is 58.6 Å². The number of H-pyrrole nitrogens is 1. The number of aromatic nitrogens is 3. The number of fused-ring (bicyclic) bond motifs is 1. The summed E-state index contributed by atoms with van der Waals surface area (Å²) < 4.78 is 39.9. The van der Waals surface area contributed by atoms with Gasteiger partial charge >= 0.3 is 6.18 Å². The van der Waals surface area contributed by atoms with Crippen molar-refractivity contribution in [3.05, 3.63) is 58.1 Å². The molecule has 0 bridgehead atoms. The van der Waals surface area contributed by atoms with Crippen LogP contribution in [0.4, 0.5) is 13.2 Å². The van der Waals surface area contributed by atoms with Crippen LogP contribution < -0.4 is 5.56 Å². The van der Waals surface area contributed by atoms with E-state index in [2.05, 4.69) is 15.0 Å². The first-order chi connectivity index (χ1) is 10.4. The van der Waals surface area contributed by atoms with Gasteiger partial charge in [0.05, 0.1) is 16.6 Å². The van der Waals surface area contributed by atoms with E-state index in [9.17, 15) is 18.0 Å². The van der Waals surface area contributed by atoms with E-state index in [-0.39, 0.29) is 17.2 Å². The van der Waals surface area contributed by atoms with E-state index in [0.29, 0.717) is 5.56 Å². The molecule has 1 N–H and O–H groups in total. The van der Waals surface area contributed by atoms with Crippen LogP contribution in [0.2, 0.25) is 0 Å². The molecule has 1 aromatic carbocycles. The van der Waals surface area contributed by atoms with Gasteiger partial charge in [0, 0.05) is 5.56 Å². The van der Waals surface area contributed by atoms with Crippen LogP contribution in [0, 0.1) is 6.92 Å². The minimum absolute atomic E-state index is 0.123. The molecule has 3 rings (SSSR count). The van der Waals surface area contributed by atoms with Gasteiger partial charge in [-0.25, -0.2) is 9.97 Å². The molecular weight excluding hydrogens is 295 g/mol. The number of hydrogen-bond acceptors (Lipinski definition) is 3. The number of alkyl halides is 3. The number of hydrogen-bond donors (Lipinski definition) is 1. The number of nitrogens with zero attached hydrogens (tertiary/aromatic N) is 2. The number of aromatic amines is 1. The molecule has 3 aromatic rings. The lowest BCUT2D eigenvalue weighted by molar-refractivity contribution is -0.136. The lowest BCUT2D eigenvalue weighted by Gasteiger charge is -2.11. The Hall–Kier alpha value is -2.70. The first kappa shape index (κ1) is 14.2. The van der Waals surface area contributed by atoms with Gasteiger partial charge in [-0.2, -0.15) is 13.2 Å². The molecule has 0 spiro atoms. The van der Waals surface area contributed by atoms with Gasteiger partial charge in [-0.05, 0) is 13.0 Å². The first-order valence-electron chi connectivity index (χ1n) is 6.40. The number of benzene rings is 1. The highest BCUT2D eigenvalue weighted by atomic mass is 19.4. The van der Waals surface area contributed by atoms with Gasteiger partial charge in [-0.1, -0.05) is 30.3 Å². The maximum atomic E-state index is 13.3. The number of rotatable bonds is 1. The van der Waals surface area contributed by atoms with Crippen LogP contribution in [0.15, 0.2) is 41.2 Å². The van der Waals surface area contributed by atoms with Crippen molar-refractivity contribution in [3.8, 4) is 11.3 Å². The van der Waals surface area contributed by atoms with Crippen LogP contribution in [0.3, 0.4) is 0 Å². The monoisotopic (exact) mass is 305 g/mol. The van der Waals surface area contributed by atoms with Crippen LogP contribution in [0.5, 0.6) is 0 Å². The zero-order valence-electron chi connectivity index (χ0n) is 11.4. The molecule has 0 atom stereocenters. The summed E-state index contributed by atoms with van der Waals surface area (Å²) in [7, 11) is 0. The molecular formula is C15H10F3N3O. The molecule has 2 heterocycles. The summed E-state index contributed by atoms with van der Waals surface area (Å²) in [5.74, 6) is 0.211. The normalized spacial score (nSPS) is 11.8. The summed E-state index contributed by atoms with van der Waals surface area (Å²) in [6, 6.07) is 9.32. The Kier molecular flexibility index (Phi) is 3.20. The Balaban J connectivity index is 2.42. The molecule has 7 heteroatoms. The molecule has 0 aliphatic rings. The van der Waals surface area contributed by atoms with Gasteiger partial charge in [0.25, 0.3) is 5.56 Å². The summed E-state index contributed by atoms with van der Waals surface area (Å²) >= 11 is 0. The third kappa shape index (κ3) is 2.45.